The first-order valence-corrected chi connectivity index (χ1v) is 13.0. The van der Waals surface area contributed by atoms with Crippen LogP contribution in [0.1, 0.15) is 38.8 Å². The molecule has 4 aromatic rings. The Morgan fingerprint density at radius 2 is 1.87 bits per heavy atom. The molecule has 0 saturated carbocycles. The number of piperazine rings is 1. The number of pyridine rings is 1. The lowest BCUT2D eigenvalue weighted by Gasteiger charge is -2.34. The molecule has 38 heavy (non-hydrogen) atoms. The summed E-state index contributed by atoms with van der Waals surface area (Å²) in [6.45, 7) is 6.27. The van der Waals surface area contributed by atoms with Gasteiger partial charge in [-0.15, -0.1) is 0 Å². The number of hydrogen-bond donors (Lipinski definition) is 2. The van der Waals surface area contributed by atoms with E-state index < -0.39 is 17.6 Å². The molecule has 1 amide bonds. The first-order chi connectivity index (χ1) is 18.3. The van der Waals surface area contributed by atoms with Crippen LogP contribution in [-0.2, 0) is 12.7 Å². The van der Waals surface area contributed by atoms with Crippen molar-refractivity contribution in [2.75, 3.05) is 38.0 Å². The highest BCUT2D eigenvalue weighted by Crippen LogP contribution is 2.34. The molecule has 1 fully saturated rings. The van der Waals surface area contributed by atoms with Gasteiger partial charge in [-0.05, 0) is 42.3 Å². The zero-order valence-electron chi connectivity index (χ0n) is 20.6. The number of thiazole rings is 1. The van der Waals surface area contributed by atoms with Crippen molar-refractivity contribution in [2.45, 2.75) is 19.6 Å². The quantitative estimate of drug-likeness (QED) is 0.356. The van der Waals surface area contributed by atoms with Crippen molar-refractivity contribution >= 4 is 33.4 Å². The number of anilines is 1. The summed E-state index contributed by atoms with van der Waals surface area (Å²) in [7, 11) is 0. The second-order valence-corrected chi connectivity index (χ2v) is 9.98. The maximum atomic E-state index is 13.9. The summed E-state index contributed by atoms with van der Waals surface area (Å²) in [5, 5.41) is 3.79. The fourth-order valence-corrected chi connectivity index (χ4v) is 4.99. The number of likely N-dealkylation sites (N-methyl/N-ethyl adjacent to an activating group) is 1. The number of alkyl halides is 3. The summed E-state index contributed by atoms with van der Waals surface area (Å²) < 4.78 is 41.7. The number of H-pyrrole nitrogens is 1. The molecule has 7 nitrogen and oxygen atoms in total. The molecule has 3 aromatic heterocycles. The molecule has 0 atom stereocenters. The molecule has 0 spiro atoms. The number of carbonyl (C=O) groups excluding carboxylic acids is 1. The summed E-state index contributed by atoms with van der Waals surface area (Å²) in [4.78, 5) is 29.1. The molecule has 1 saturated heterocycles. The second kappa shape index (κ2) is 10.9. The van der Waals surface area contributed by atoms with E-state index in [1.54, 1.807) is 12.4 Å². The summed E-state index contributed by atoms with van der Waals surface area (Å²) in [5.74, 6) is 5.33. The van der Waals surface area contributed by atoms with E-state index in [1.807, 2.05) is 17.0 Å². The molecule has 1 aliphatic rings. The number of halogens is 3. The van der Waals surface area contributed by atoms with Crippen molar-refractivity contribution < 1.29 is 18.0 Å². The Morgan fingerprint density at radius 3 is 2.63 bits per heavy atom. The Labute approximate surface area is 221 Å². The molecule has 0 bridgehead atoms. The molecule has 4 heterocycles. The van der Waals surface area contributed by atoms with Crippen LogP contribution < -0.4 is 5.32 Å². The number of hydrogen-bond acceptors (Lipinski definition) is 6. The van der Waals surface area contributed by atoms with Crippen molar-refractivity contribution in [1.82, 2.24) is 24.8 Å². The van der Waals surface area contributed by atoms with Crippen LogP contribution in [0.5, 0.6) is 0 Å². The van der Waals surface area contributed by atoms with Crippen LogP contribution in [0.3, 0.4) is 0 Å². The van der Waals surface area contributed by atoms with Gasteiger partial charge in [0.15, 0.2) is 5.13 Å². The third-order valence-corrected chi connectivity index (χ3v) is 7.27. The lowest BCUT2D eigenvalue weighted by molar-refractivity contribution is -0.138. The summed E-state index contributed by atoms with van der Waals surface area (Å²) >= 11 is 1.14. The Morgan fingerprint density at radius 1 is 1.08 bits per heavy atom. The van der Waals surface area contributed by atoms with Gasteiger partial charge in [0.1, 0.15) is 5.65 Å². The lowest BCUT2D eigenvalue weighted by atomic mass is 10.0. The van der Waals surface area contributed by atoms with E-state index >= 15 is 0 Å². The number of amides is 1. The smallest absolute Gasteiger partial charge is 0.346 e. The van der Waals surface area contributed by atoms with Crippen LogP contribution in [0.25, 0.3) is 11.0 Å². The SMILES string of the molecule is CCN1CCN(Cc2ccc(C(=O)Nc3ncc(C#Cc4cnc5[nH]ccc5c4)s3)cc2C(F)(F)F)CC1. The van der Waals surface area contributed by atoms with Crippen molar-refractivity contribution in [3.63, 3.8) is 0 Å². The van der Waals surface area contributed by atoms with E-state index in [0.717, 1.165) is 53.6 Å². The van der Waals surface area contributed by atoms with E-state index in [4.69, 9.17) is 0 Å². The number of aromatic amines is 1. The molecule has 196 valence electrons. The average molecular weight is 539 g/mol. The molecule has 11 heteroatoms. The van der Waals surface area contributed by atoms with Gasteiger partial charge in [0.25, 0.3) is 5.91 Å². The average Bonchev–Trinajstić information content (AvgIpc) is 3.56. The normalized spacial score (nSPS) is 14.8. The fourth-order valence-electron chi connectivity index (χ4n) is 4.32. The van der Waals surface area contributed by atoms with Gasteiger partial charge < -0.3 is 9.88 Å². The molecule has 5 rings (SSSR count). The van der Waals surface area contributed by atoms with Gasteiger partial charge in [-0.1, -0.05) is 30.2 Å². The highest BCUT2D eigenvalue weighted by molar-refractivity contribution is 7.16. The topological polar surface area (TPSA) is 77.2 Å². The highest BCUT2D eigenvalue weighted by Gasteiger charge is 2.34. The Bertz CT molecular complexity index is 1510. The maximum Gasteiger partial charge on any atom is 0.416 e. The minimum atomic E-state index is -4.57. The maximum absolute atomic E-state index is 13.9. The number of carbonyl (C=O) groups is 1. The monoisotopic (exact) mass is 538 g/mol. The molecular weight excluding hydrogens is 513 g/mol. The van der Waals surface area contributed by atoms with Crippen molar-refractivity contribution in [3.8, 4) is 11.8 Å². The van der Waals surface area contributed by atoms with Gasteiger partial charge in [0, 0.05) is 61.6 Å². The number of fused-ring (bicyclic) bond motifs is 1. The molecule has 0 aliphatic carbocycles. The van der Waals surface area contributed by atoms with E-state index in [-0.39, 0.29) is 22.8 Å². The number of rotatable bonds is 5. The molecular formula is C27H25F3N6OS. The Kier molecular flexibility index (Phi) is 7.46. The summed E-state index contributed by atoms with van der Waals surface area (Å²) in [6.07, 6.45) is 0.395. The summed E-state index contributed by atoms with van der Waals surface area (Å²) in [6, 6.07) is 7.56. The first kappa shape index (κ1) is 25.9. The predicted octanol–water partition coefficient (Wildman–Crippen LogP) is 4.83. The van der Waals surface area contributed by atoms with Gasteiger partial charge in [0.2, 0.25) is 0 Å². The van der Waals surface area contributed by atoms with Crippen molar-refractivity contribution in [1.29, 1.82) is 0 Å². The minimum Gasteiger partial charge on any atom is -0.346 e. The zero-order chi connectivity index (χ0) is 26.7. The van der Waals surface area contributed by atoms with Crippen LogP contribution in [0.4, 0.5) is 18.3 Å². The third kappa shape index (κ3) is 6.05. The van der Waals surface area contributed by atoms with Crippen LogP contribution in [0, 0.1) is 11.8 Å². The third-order valence-electron chi connectivity index (χ3n) is 6.44. The standard InChI is InChI=1S/C27H25F3N6OS/c1-2-35-9-11-36(12-10-35)17-21-5-4-20(14-23(21)27(28,29)30)25(37)34-26-33-16-22(38-26)6-3-18-13-19-7-8-31-24(19)32-15-18/h4-5,7-8,13-16H,2,9-12,17H2,1H3,(H,31,32)(H,33,34,37). The van der Waals surface area contributed by atoms with Crippen molar-refractivity contribution in [2.24, 2.45) is 0 Å². The largest absolute Gasteiger partial charge is 0.416 e. The van der Waals surface area contributed by atoms with Gasteiger partial charge in [-0.25, -0.2) is 9.97 Å². The molecule has 2 N–H and O–H groups in total. The summed E-state index contributed by atoms with van der Waals surface area (Å²) in [5.41, 5.74) is 0.795. The number of nitrogens with one attached hydrogen (secondary N) is 2. The van der Waals surface area contributed by atoms with Crippen LogP contribution >= 0.6 is 11.3 Å². The molecule has 0 unspecified atom stereocenters. The Hall–Kier alpha value is -3.72. The van der Waals surface area contributed by atoms with Crippen LogP contribution in [-0.4, -0.2) is 63.4 Å². The van der Waals surface area contributed by atoms with Gasteiger partial charge in [-0.3, -0.25) is 15.0 Å². The number of nitrogens with zero attached hydrogens (tertiary/aromatic N) is 4. The van der Waals surface area contributed by atoms with E-state index in [2.05, 4.69) is 43.9 Å². The Balaban J connectivity index is 1.27. The van der Waals surface area contributed by atoms with Gasteiger partial charge >= 0.3 is 6.18 Å². The lowest BCUT2D eigenvalue weighted by Crippen LogP contribution is -2.45. The van der Waals surface area contributed by atoms with Gasteiger partial charge in [-0.2, -0.15) is 13.2 Å². The van der Waals surface area contributed by atoms with E-state index in [1.165, 1.54) is 18.3 Å². The molecule has 1 aromatic carbocycles. The molecule has 1 aliphatic heterocycles. The highest BCUT2D eigenvalue weighted by atomic mass is 32.1. The van der Waals surface area contributed by atoms with Crippen LogP contribution in [0.15, 0.2) is 48.9 Å². The fraction of sp³-hybridized carbons (Fsp3) is 0.296. The van der Waals surface area contributed by atoms with E-state index in [0.29, 0.717) is 18.0 Å². The van der Waals surface area contributed by atoms with E-state index in [9.17, 15) is 18.0 Å². The van der Waals surface area contributed by atoms with Gasteiger partial charge in [0.05, 0.1) is 16.6 Å². The zero-order valence-corrected chi connectivity index (χ0v) is 21.4. The number of aromatic nitrogens is 3. The van der Waals surface area contributed by atoms with Crippen LogP contribution in [0.2, 0.25) is 0 Å². The van der Waals surface area contributed by atoms with Crippen molar-refractivity contribution in [3.05, 3.63) is 76.1 Å². The predicted molar refractivity (Wildman–Crippen MR) is 141 cm³/mol. The second-order valence-electron chi connectivity index (χ2n) is 8.95. The minimum absolute atomic E-state index is 0.0782. The number of benzene rings is 1. The first-order valence-electron chi connectivity index (χ1n) is 12.2. The molecule has 0 radical (unpaired) electrons.